The first-order chi connectivity index (χ1) is 17.5. The molecule has 0 atom stereocenters. The molecular formula is C22H19N7O6S2. The first kappa shape index (κ1) is 25.6. The molecule has 13 nitrogen and oxygen atoms in total. The van der Waals surface area contributed by atoms with Crippen LogP contribution in [0, 0.1) is 11.3 Å². The van der Waals surface area contributed by atoms with Crippen LogP contribution >= 0.6 is 0 Å². The first-order valence-corrected chi connectivity index (χ1v) is 13.3. The Labute approximate surface area is 212 Å². The average molecular weight is 542 g/mol. The number of nitrogens with two attached hydrogens (primary N) is 2. The van der Waals surface area contributed by atoms with Crippen molar-refractivity contribution in [3.05, 3.63) is 102 Å². The molecule has 0 amide bonds. The number of benzene rings is 3. The molecule has 37 heavy (non-hydrogen) atoms. The Morgan fingerprint density at radius 1 is 0.784 bits per heavy atom. The monoisotopic (exact) mass is 541 g/mol. The molecule has 0 spiro atoms. The van der Waals surface area contributed by atoms with Crippen LogP contribution in [0.4, 0.5) is 5.69 Å². The summed E-state index contributed by atoms with van der Waals surface area (Å²) in [6, 6.07) is 20.5. The number of nitrogens with zero attached hydrogens (tertiary/aromatic N) is 5. The lowest BCUT2D eigenvalue weighted by atomic mass is 9.96. The summed E-state index contributed by atoms with van der Waals surface area (Å²) in [6.07, 6.45) is 2.89. The Kier molecular flexibility index (Phi) is 7.09. The summed E-state index contributed by atoms with van der Waals surface area (Å²) in [7, 11) is -8.45. The van der Waals surface area contributed by atoms with Crippen LogP contribution in [-0.2, 0) is 20.6 Å². The minimum atomic E-state index is -4.23. The number of para-hydroxylation sites is 1. The fourth-order valence-corrected chi connectivity index (χ4v) is 4.38. The molecule has 0 aliphatic heterocycles. The number of hydrogen-bond acceptors (Lipinski definition) is 10. The summed E-state index contributed by atoms with van der Waals surface area (Å²) < 4.78 is 56.4. The van der Waals surface area contributed by atoms with E-state index in [0.717, 1.165) is 0 Å². The molecule has 1 heterocycles. The van der Waals surface area contributed by atoms with Crippen LogP contribution in [0.25, 0.3) is 0 Å². The highest BCUT2D eigenvalue weighted by molar-refractivity contribution is 7.85. The van der Waals surface area contributed by atoms with Gasteiger partial charge in [0.05, 0.1) is 11.3 Å². The molecule has 15 heteroatoms. The Bertz CT molecular complexity index is 1560. The molecule has 0 bridgehead atoms. The summed E-state index contributed by atoms with van der Waals surface area (Å²) in [6.45, 7) is 0. The number of anilines is 1. The number of nitriles is 1. The van der Waals surface area contributed by atoms with Gasteiger partial charge in [0.25, 0.3) is 0 Å². The smallest absolute Gasteiger partial charge is 0.371 e. The first-order valence-electron chi connectivity index (χ1n) is 10.3. The van der Waals surface area contributed by atoms with E-state index in [-0.39, 0.29) is 11.5 Å². The van der Waals surface area contributed by atoms with E-state index < -0.39 is 26.7 Å². The summed E-state index contributed by atoms with van der Waals surface area (Å²) in [5, 5.41) is 29.2. The Balaban J connectivity index is 1.89. The van der Waals surface area contributed by atoms with Crippen LogP contribution in [0.1, 0.15) is 22.7 Å². The fraction of sp³-hybridized carbons (Fsp3) is 0.0455. The van der Waals surface area contributed by atoms with Crippen molar-refractivity contribution in [1.82, 2.24) is 14.9 Å². The molecule has 0 aliphatic rings. The van der Waals surface area contributed by atoms with Gasteiger partial charge in [0, 0.05) is 0 Å². The maximum atomic E-state index is 11.3. The Morgan fingerprint density at radius 2 is 1.24 bits per heavy atom. The van der Waals surface area contributed by atoms with Crippen molar-refractivity contribution in [3.63, 3.8) is 0 Å². The van der Waals surface area contributed by atoms with Gasteiger partial charge >= 0.3 is 20.6 Å². The third-order valence-corrected chi connectivity index (χ3v) is 5.84. The quantitative estimate of drug-likeness (QED) is 0.312. The van der Waals surface area contributed by atoms with Gasteiger partial charge in [-0.15, -0.1) is 10.2 Å². The number of hydrogen-bond donors (Lipinski definition) is 2. The molecule has 1 aromatic heterocycles. The van der Waals surface area contributed by atoms with Gasteiger partial charge in [0.2, 0.25) is 0 Å². The molecule has 0 saturated heterocycles. The zero-order valence-electron chi connectivity index (χ0n) is 18.8. The van der Waals surface area contributed by atoms with Gasteiger partial charge in [-0.05, 0) is 47.5 Å². The zero-order valence-corrected chi connectivity index (χ0v) is 20.5. The second kappa shape index (κ2) is 10.2. The van der Waals surface area contributed by atoms with Crippen molar-refractivity contribution in [1.29, 1.82) is 5.26 Å². The Hall–Kier alpha value is -4.49. The standard InChI is InChI=1S/C22H19N7O6S2/c23-13-18-3-1-2-4-21(18)29(28-14-26-27-15-28)22(16-5-9-19(10-6-16)34-36(24,30)31)17-7-11-20(12-8-17)35-37(25,32)33/h1-12,14-15,22H,(H2,24,30,31)(H2,25,32,33). The van der Waals surface area contributed by atoms with Gasteiger partial charge in [-0.1, -0.05) is 36.4 Å². The highest BCUT2D eigenvalue weighted by Crippen LogP contribution is 2.36. The molecule has 190 valence electrons. The molecule has 4 N–H and O–H groups in total. The minimum Gasteiger partial charge on any atom is -0.371 e. The molecule has 0 saturated carbocycles. The molecule has 4 rings (SSSR count). The van der Waals surface area contributed by atoms with E-state index in [0.29, 0.717) is 22.4 Å². The second-order valence-corrected chi connectivity index (χ2v) is 9.81. The van der Waals surface area contributed by atoms with E-state index in [1.807, 2.05) is 0 Å². The summed E-state index contributed by atoms with van der Waals surface area (Å²) in [5.41, 5.74) is 2.11. The van der Waals surface area contributed by atoms with Crippen molar-refractivity contribution in [2.75, 3.05) is 5.01 Å². The predicted molar refractivity (Wildman–Crippen MR) is 131 cm³/mol. The fourth-order valence-electron chi connectivity index (χ4n) is 3.63. The van der Waals surface area contributed by atoms with Crippen molar-refractivity contribution >= 4 is 26.3 Å². The topological polar surface area (TPSA) is 197 Å². The van der Waals surface area contributed by atoms with E-state index in [4.69, 9.17) is 18.6 Å². The predicted octanol–water partition coefficient (Wildman–Crippen LogP) is 1.37. The number of aromatic nitrogens is 3. The molecular weight excluding hydrogens is 522 g/mol. The van der Waals surface area contributed by atoms with Crippen LogP contribution < -0.4 is 23.7 Å². The minimum absolute atomic E-state index is 0.00447. The van der Waals surface area contributed by atoms with Gasteiger partial charge in [-0.25, -0.2) is 4.68 Å². The van der Waals surface area contributed by atoms with E-state index in [1.165, 1.54) is 36.9 Å². The highest BCUT2D eigenvalue weighted by Gasteiger charge is 2.27. The van der Waals surface area contributed by atoms with E-state index in [9.17, 15) is 22.1 Å². The molecule has 0 unspecified atom stereocenters. The molecule has 3 aromatic carbocycles. The number of rotatable bonds is 9. The Morgan fingerprint density at radius 3 is 1.68 bits per heavy atom. The molecule has 0 aliphatic carbocycles. The largest absolute Gasteiger partial charge is 0.380 e. The van der Waals surface area contributed by atoms with E-state index in [2.05, 4.69) is 16.3 Å². The van der Waals surface area contributed by atoms with Gasteiger partial charge in [0.15, 0.2) is 0 Å². The lowest BCUT2D eigenvalue weighted by Crippen LogP contribution is -2.34. The van der Waals surface area contributed by atoms with Gasteiger partial charge in [-0.2, -0.15) is 32.4 Å². The van der Waals surface area contributed by atoms with Crippen molar-refractivity contribution in [2.24, 2.45) is 10.3 Å². The third-order valence-electron chi connectivity index (χ3n) is 4.99. The maximum absolute atomic E-state index is 11.3. The average Bonchev–Trinajstić information content (AvgIpc) is 3.36. The highest BCUT2D eigenvalue weighted by atomic mass is 32.2. The van der Waals surface area contributed by atoms with Gasteiger partial charge < -0.3 is 8.37 Å². The van der Waals surface area contributed by atoms with Crippen molar-refractivity contribution in [3.8, 4) is 17.6 Å². The summed E-state index contributed by atoms with van der Waals surface area (Å²) >= 11 is 0. The van der Waals surface area contributed by atoms with E-state index >= 15 is 0 Å². The molecule has 4 aromatic rings. The lowest BCUT2D eigenvalue weighted by Gasteiger charge is -2.35. The van der Waals surface area contributed by atoms with E-state index in [1.54, 1.807) is 58.2 Å². The van der Waals surface area contributed by atoms with Crippen molar-refractivity contribution in [2.45, 2.75) is 6.04 Å². The van der Waals surface area contributed by atoms with Crippen LogP contribution in [0.3, 0.4) is 0 Å². The third kappa shape index (κ3) is 6.39. The van der Waals surface area contributed by atoms with Crippen LogP contribution in [0.5, 0.6) is 11.5 Å². The summed E-state index contributed by atoms with van der Waals surface area (Å²) in [5.74, 6) is -0.00894. The zero-order chi connectivity index (χ0) is 26.6. The maximum Gasteiger partial charge on any atom is 0.380 e. The SMILES string of the molecule is N#Cc1ccccc1N(C(c1ccc(OS(N)(=O)=O)cc1)c1ccc(OS(N)(=O)=O)cc1)n1cnnc1. The summed E-state index contributed by atoms with van der Waals surface area (Å²) in [4.78, 5) is 0. The van der Waals surface area contributed by atoms with Gasteiger partial charge in [-0.3, -0.25) is 5.01 Å². The lowest BCUT2D eigenvalue weighted by molar-refractivity contribution is 0.486. The second-order valence-electron chi connectivity index (χ2n) is 7.51. The van der Waals surface area contributed by atoms with Gasteiger partial charge in [0.1, 0.15) is 36.3 Å². The molecule has 0 fully saturated rings. The van der Waals surface area contributed by atoms with Crippen molar-refractivity contribution < 1.29 is 25.2 Å². The van der Waals surface area contributed by atoms with Crippen LogP contribution in [-0.4, -0.2) is 31.7 Å². The normalized spacial score (nSPS) is 11.6. The van der Waals surface area contributed by atoms with Crippen LogP contribution in [0.15, 0.2) is 85.5 Å². The molecule has 0 radical (unpaired) electrons. The van der Waals surface area contributed by atoms with Crippen LogP contribution in [0.2, 0.25) is 0 Å².